The van der Waals surface area contributed by atoms with E-state index in [1.807, 2.05) is 48.5 Å². The van der Waals surface area contributed by atoms with Gasteiger partial charge in [0.2, 0.25) is 0 Å². The van der Waals surface area contributed by atoms with Crippen LogP contribution in [0.5, 0.6) is 0 Å². The van der Waals surface area contributed by atoms with Crippen molar-refractivity contribution in [1.29, 1.82) is 5.41 Å². The van der Waals surface area contributed by atoms with Crippen LogP contribution in [0.3, 0.4) is 0 Å². The molecular weight excluding hydrogens is 378 g/mol. The molecule has 2 aromatic rings. The molecule has 0 atom stereocenters. The molecule has 0 spiro atoms. The van der Waals surface area contributed by atoms with Gasteiger partial charge in [0.25, 0.3) is 5.91 Å². The summed E-state index contributed by atoms with van der Waals surface area (Å²) in [6.45, 7) is 3.13. The van der Waals surface area contributed by atoms with E-state index in [1.54, 1.807) is 18.7 Å². The molecule has 6 nitrogen and oxygen atoms in total. The van der Waals surface area contributed by atoms with E-state index in [9.17, 15) is 4.79 Å². The second-order valence-electron chi connectivity index (χ2n) is 7.20. The van der Waals surface area contributed by atoms with Crippen molar-refractivity contribution in [2.24, 2.45) is 0 Å². The Morgan fingerprint density at radius 3 is 2.57 bits per heavy atom. The smallest absolute Gasteiger partial charge is 0.267 e. The molecule has 0 fully saturated rings. The lowest BCUT2D eigenvalue weighted by Crippen LogP contribution is -2.28. The molecule has 1 aliphatic carbocycles. The number of nitrogens with one attached hydrogen (secondary N) is 2. The Morgan fingerprint density at radius 2 is 1.87 bits per heavy atom. The third-order valence-electron chi connectivity index (χ3n) is 5.11. The molecule has 0 bridgehead atoms. The van der Waals surface area contributed by atoms with Crippen LogP contribution in [-0.2, 0) is 16.1 Å². The normalized spacial score (nSPS) is 13.0. The number of hydrogen-bond acceptors (Lipinski definition) is 5. The number of amides is 1. The number of fused-ring (bicyclic) bond motifs is 1. The maximum Gasteiger partial charge on any atom is 0.267 e. The molecular formula is C24H27N3O3. The first kappa shape index (κ1) is 21.6. The van der Waals surface area contributed by atoms with Gasteiger partial charge in [-0.1, -0.05) is 48.5 Å². The van der Waals surface area contributed by atoms with Crippen LogP contribution in [-0.4, -0.2) is 48.5 Å². The summed E-state index contributed by atoms with van der Waals surface area (Å²) < 4.78 is 5.28. The van der Waals surface area contributed by atoms with Gasteiger partial charge < -0.3 is 10.1 Å². The lowest BCUT2D eigenvalue weighted by atomic mass is 10.0. The fourth-order valence-electron chi connectivity index (χ4n) is 3.50. The Bertz CT molecular complexity index is 948. The van der Waals surface area contributed by atoms with Gasteiger partial charge in [-0.25, -0.2) is 5.48 Å². The zero-order chi connectivity index (χ0) is 21.3. The maximum absolute atomic E-state index is 11.1. The molecule has 1 aliphatic rings. The fourth-order valence-corrected chi connectivity index (χ4v) is 3.50. The van der Waals surface area contributed by atoms with E-state index in [-0.39, 0.29) is 0 Å². The Balaban J connectivity index is 1.62. The zero-order valence-corrected chi connectivity index (χ0v) is 17.1. The maximum atomic E-state index is 11.1. The summed E-state index contributed by atoms with van der Waals surface area (Å²) in [6, 6.07) is 16.1. The quantitative estimate of drug-likeness (QED) is 0.321. The third kappa shape index (κ3) is 5.73. The highest BCUT2D eigenvalue weighted by Crippen LogP contribution is 2.29. The minimum absolute atomic E-state index is 0.555. The summed E-state index contributed by atoms with van der Waals surface area (Å²) in [5.74, 6) is -0.555. The topological polar surface area (TPSA) is 85.7 Å². The molecule has 0 saturated carbocycles. The fraction of sp³-hybridized carbons (Fsp3) is 0.250. The van der Waals surface area contributed by atoms with E-state index in [4.69, 9.17) is 15.4 Å². The molecule has 3 rings (SSSR count). The van der Waals surface area contributed by atoms with E-state index in [0.717, 1.165) is 42.7 Å². The van der Waals surface area contributed by atoms with Gasteiger partial charge in [-0.2, -0.15) is 0 Å². The number of benzene rings is 2. The summed E-state index contributed by atoms with van der Waals surface area (Å²) in [7, 11) is 1.71. The van der Waals surface area contributed by atoms with Crippen LogP contribution in [0, 0.1) is 5.41 Å². The van der Waals surface area contributed by atoms with Crippen LogP contribution in [0.1, 0.15) is 28.7 Å². The SMILES string of the molecule is COCCN(CCC1=CC(=N)c2ccccc21)Cc1ccc(/C=C/C(=O)NO)cc1. The first-order chi connectivity index (χ1) is 14.6. The molecule has 6 heteroatoms. The van der Waals surface area contributed by atoms with Crippen molar-refractivity contribution in [3.05, 3.63) is 82.9 Å². The second kappa shape index (κ2) is 10.6. The summed E-state index contributed by atoms with van der Waals surface area (Å²) in [4.78, 5) is 13.4. The predicted molar refractivity (Wildman–Crippen MR) is 118 cm³/mol. The number of nitrogens with zero attached hydrogens (tertiary/aromatic N) is 1. The number of rotatable bonds is 10. The van der Waals surface area contributed by atoms with E-state index in [2.05, 4.69) is 11.0 Å². The molecule has 0 saturated heterocycles. The van der Waals surface area contributed by atoms with Crippen molar-refractivity contribution in [3.8, 4) is 0 Å². The third-order valence-corrected chi connectivity index (χ3v) is 5.11. The lowest BCUT2D eigenvalue weighted by Gasteiger charge is -2.22. The van der Waals surface area contributed by atoms with Crippen molar-refractivity contribution in [2.75, 3.05) is 26.8 Å². The van der Waals surface area contributed by atoms with Crippen molar-refractivity contribution in [1.82, 2.24) is 10.4 Å². The van der Waals surface area contributed by atoms with Crippen LogP contribution in [0.25, 0.3) is 11.6 Å². The number of carbonyl (C=O) groups is 1. The van der Waals surface area contributed by atoms with E-state index >= 15 is 0 Å². The molecule has 2 aromatic carbocycles. The van der Waals surface area contributed by atoms with E-state index in [1.165, 1.54) is 17.2 Å². The van der Waals surface area contributed by atoms with Gasteiger partial charge in [0.05, 0.1) is 12.3 Å². The average molecular weight is 405 g/mol. The van der Waals surface area contributed by atoms with Gasteiger partial charge in [-0.15, -0.1) is 0 Å². The van der Waals surface area contributed by atoms with Gasteiger partial charge in [-0.3, -0.25) is 14.9 Å². The molecule has 0 aromatic heterocycles. The second-order valence-corrected chi connectivity index (χ2v) is 7.20. The van der Waals surface area contributed by atoms with Crippen LogP contribution >= 0.6 is 0 Å². The van der Waals surface area contributed by atoms with Gasteiger partial charge in [0, 0.05) is 38.4 Å². The molecule has 0 aliphatic heterocycles. The van der Waals surface area contributed by atoms with Crippen molar-refractivity contribution < 1.29 is 14.7 Å². The van der Waals surface area contributed by atoms with Gasteiger partial charge in [-0.05, 0) is 40.8 Å². The molecule has 1 amide bonds. The van der Waals surface area contributed by atoms with Gasteiger partial charge in [0.15, 0.2) is 0 Å². The molecule has 30 heavy (non-hydrogen) atoms. The number of ether oxygens (including phenoxy) is 1. The molecule has 156 valence electrons. The monoisotopic (exact) mass is 405 g/mol. The van der Waals surface area contributed by atoms with Gasteiger partial charge in [0.1, 0.15) is 0 Å². The Kier molecular flexibility index (Phi) is 7.68. The number of methoxy groups -OCH3 is 1. The van der Waals surface area contributed by atoms with Crippen molar-refractivity contribution in [2.45, 2.75) is 13.0 Å². The summed E-state index contributed by atoms with van der Waals surface area (Å²) in [5.41, 5.74) is 7.60. The standard InChI is InChI=1S/C24H27N3O3/c1-30-15-14-27(13-12-20-16-23(25)22-5-3-2-4-21(20)22)17-19-8-6-18(7-9-19)10-11-24(28)26-29/h2-11,16,25,29H,12-15,17H2,1H3,(H,26,28)/b11-10+,25-23?. The van der Waals surface area contributed by atoms with Crippen molar-refractivity contribution in [3.63, 3.8) is 0 Å². The summed E-state index contributed by atoms with van der Waals surface area (Å²) >= 11 is 0. The average Bonchev–Trinajstić information content (AvgIpc) is 3.10. The first-order valence-corrected chi connectivity index (χ1v) is 9.92. The first-order valence-electron chi connectivity index (χ1n) is 9.92. The Morgan fingerprint density at radius 1 is 1.13 bits per heavy atom. The van der Waals surface area contributed by atoms with Crippen molar-refractivity contribution >= 4 is 23.3 Å². The highest BCUT2D eigenvalue weighted by molar-refractivity contribution is 6.17. The summed E-state index contributed by atoms with van der Waals surface area (Å²) in [6.07, 6.45) is 5.78. The van der Waals surface area contributed by atoms with Crippen LogP contribution in [0.4, 0.5) is 0 Å². The zero-order valence-electron chi connectivity index (χ0n) is 17.1. The number of hydrogen-bond donors (Lipinski definition) is 3. The van der Waals surface area contributed by atoms with Gasteiger partial charge >= 0.3 is 0 Å². The van der Waals surface area contributed by atoms with E-state index in [0.29, 0.717) is 12.3 Å². The molecule has 3 N–H and O–H groups in total. The Hall–Kier alpha value is -3.06. The summed E-state index contributed by atoms with van der Waals surface area (Å²) in [5, 5.41) is 16.7. The van der Waals surface area contributed by atoms with E-state index < -0.39 is 5.91 Å². The molecule has 0 heterocycles. The predicted octanol–water partition coefficient (Wildman–Crippen LogP) is 3.51. The largest absolute Gasteiger partial charge is 0.383 e. The number of hydroxylamine groups is 1. The molecule has 0 unspecified atom stereocenters. The number of allylic oxidation sites excluding steroid dienone is 1. The lowest BCUT2D eigenvalue weighted by molar-refractivity contribution is -0.124. The van der Waals surface area contributed by atoms with Crippen LogP contribution < -0.4 is 5.48 Å². The minimum Gasteiger partial charge on any atom is -0.383 e. The highest BCUT2D eigenvalue weighted by Gasteiger charge is 2.18. The molecule has 0 radical (unpaired) electrons. The number of carbonyl (C=O) groups excluding carboxylic acids is 1. The van der Waals surface area contributed by atoms with Crippen LogP contribution in [0.15, 0.2) is 60.7 Å². The minimum atomic E-state index is -0.555. The Labute approximate surface area is 177 Å². The highest BCUT2D eigenvalue weighted by atomic mass is 16.5. The van der Waals surface area contributed by atoms with Crippen LogP contribution in [0.2, 0.25) is 0 Å².